The van der Waals surface area contributed by atoms with Crippen LogP contribution >= 0.6 is 0 Å². The van der Waals surface area contributed by atoms with Crippen LogP contribution in [0.4, 0.5) is 0 Å². The average Bonchev–Trinajstić information content (AvgIpc) is 2.41. The first-order valence-electron chi connectivity index (χ1n) is 5.77. The van der Waals surface area contributed by atoms with Gasteiger partial charge in [0.1, 0.15) is 6.04 Å². The van der Waals surface area contributed by atoms with Crippen molar-refractivity contribution in [3.8, 4) is 11.5 Å². The fourth-order valence-electron chi connectivity index (χ4n) is 1.99. The molecule has 0 bridgehead atoms. The summed E-state index contributed by atoms with van der Waals surface area (Å²) < 4.78 is 0. The van der Waals surface area contributed by atoms with Gasteiger partial charge in [-0.25, -0.2) is 4.79 Å². The van der Waals surface area contributed by atoms with E-state index in [9.17, 15) is 19.8 Å². The van der Waals surface area contributed by atoms with Crippen molar-refractivity contribution in [2.24, 2.45) is 0 Å². The summed E-state index contributed by atoms with van der Waals surface area (Å²) in [4.78, 5) is 24.6. The Morgan fingerprint density at radius 3 is 2.63 bits per heavy atom. The van der Waals surface area contributed by atoms with E-state index in [1.54, 1.807) is 0 Å². The minimum atomic E-state index is -1.08. The third kappa shape index (κ3) is 2.60. The molecule has 1 atom stereocenters. The second kappa shape index (κ2) is 5.15. The van der Waals surface area contributed by atoms with Crippen LogP contribution in [0, 0.1) is 0 Å². The summed E-state index contributed by atoms with van der Waals surface area (Å²) in [7, 11) is 0. The quantitative estimate of drug-likeness (QED) is 0.542. The summed E-state index contributed by atoms with van der Waals surface area (Å²) in [5.41, 5.74) is 0.142. The molecule has 0 saturated carbocycles. The lowest BCUT2D eigenvalue weighted by Gasteiger charge is -2.33. The summed E-state index contributed by atoms with van der Waals surface area (Å²) in [5.74, 6) is -2.30. The Kier molecular flexibility index (Phi) is 3.57. The largest absolute Gasteiger partial charge is 0.504 e. The Balaban J connectivity index is 2.26. The number of amides is 1. The maximum Gasteiger partial charge on any atom is 0.327 e. The van der Waals surface area contributed by atoms with Crippen LogP contribution in [-0.2, 0) is 4.79 Å². The summed E-state index contributed by atoms with van der Waals surface area (Å²) in [6.07, 6.45) is 0. The van der Waals surface area contributed by atoms with E-state index in [1.165, 1.54) is 17.0 Å². The monoisotopic (exact) mass is 266 g/mol. The van der Waals surface area contributed by atoms with Crippen molar-refractivity contribution in [3.05, 3.63) is 23.8 Å². The molecule has 102 valence electrons. The molecular formula is C12H14N2O5. The van der Waals surface area contributed by atoms with E-state index in [1.807, 2.05) is 0 Å². The summed E-state index contributed by atoms with van der Waals surface area (Å²) in [5, 5.41) is 30.6. The van der Waals surface area contributed by atoms with Gasteiger partial charge in [0.25, 0.3) is 5.91 Å². The smallest absolute Gasteiger partial charge is 0.327 e. The SMILES string of the molecule is O=C(O)C1CNCCN1C(=O)c1ccc(O)c(O)c1. The van der Waals surface area contributed by atoms with Gasteiger partial charge in [0.2, 0.25) is 0 Å². The van der Waals surface area contributed by atoms with Crippen LogP contribution in [-0.4, -0.2) is 57.8 Å². The Labute approximate surface area is 109 Å². The van der Waals surface area contributed by atoms with E-state index >= 15 is 0 Å². The zero-order chi connectivity index (χ0) is 14.0. The number of nitrogens with one attached hydrogen (secondary N) is 1. The molecule has 1 fully saturated rings. The second-order valence-electron chi connectivity index (χ2n) is 4.26. The van der Waals surface area contributed by atoms with Gasteiger partial charge < -0.3 is 25.5 Å². The van der Waals surface area contributed by atoms with Crippen molar-refractivity contribution in [1.29, 1.82) is 0 Å². The first kappa shape index (κ1) is 13.2. The van der Waals surface area contributed by atoms with Gasteiger partial charge in [-0.2, -0.15) is 0 Å². The third-order valence-corrected chi connectivity index (χ3v) is 3.01. The molecule has 1 saturated heterocycles. The second-order valence-corrected chi connectivity index (χ2v) is 4.26. The molecule has 19 heavy (non-hydrogen) atoms. The molecule has 7 nitrogen and oxygen atoms in total. The number of carbonyl (C=O) groups excluding carboxylic acids is 1. The van der Waals surface area contributed by atoms with Crippen molar-refractivity contribution in [1.82, 2.24) is 10.2 Å². The molecule has 7 heteroatoms. The van der Waals surface area contributed by atoms with Crippen LogP contribution in [0.3, 0.4) is 0 Å². The number of phenols is 2. The zero-order valence-corrected chi connectivity index (χ0v) is 10.0. The molecule has 0 radical (unpaired) electrons. The molecular weight excluding hydrogens is 252 g/mol. The lowest BCUT2D eigenvalue weighted by atomic mass is 10.1. The highest BCUT2D eigenvalue weighted by molar-refractivity contribution is 5.97. The van der Waals surface area contributed by atoms with Gasteiger partial charge in [-0.1, -0.05) is 0 Å². The minimum absolute atomic E-state index is 0.142. The average molecular weight is 266 g/mol. The standard InChI is InChI=1S/C12H14N2O5/c15-9-2-1-7(5-10(9)16)11(17)14-4-3-13-6-8(14)12(18)19/h1-2,5,8,13,15-16H,3-4,6H2,(H,18,19). The molecule has 1 aromatic rings. The molecule has 0 spiro atoms. The van der Waals surface area contributed by atoms with Crippen molar-refractivity contribution < 1.29 is 24.9 Å². The van der Waals surface area contributed by atoms with Crippen LogP contribution in [0.15, 0.2) is 18.2 Å². The fourth-order valence-corrected chi connectivity index (χ4v) is 1.99. The number of benzene rings is 1. The number of phenolic OH excluding ortho intramolecular Hbond substituents is 2. The van der Waals surface area contributed by atoms with Gasteiger partial charge in [0.05, 0.1) is 0 Å². The topological polar surface area (TPSA) is 110 Å². The van der Waals surface area contributed by atoms with E-state index in [-0.39, 0.29) is 24.4 Å². The molecule has 1 unspecified atom stereocenters. The zero-order valence-electron chi connectivity index (χ0n) is 10.0. The highest BCUT2D eigenvalue weighted by Gasteiger charge is 2.32. The highest BCUT2D eigenvalue weighted by Crippen LogP contribution is 2.25. The first-order chi connectivity index (χ1) is 9.00. The molecule has 4 N–H and O–H groups in total. The Morgan fingerprint density at radius 2 is 2.00 bits per heavy atom. The van der Waals surface area contributed by atoms with E-state index in [2.05, 4.69) is 5.32 Å². The van der Waals surface area contributed by atoms with E-state index < -0.39 is 23.7 Å². The van der Waals surface area contributed by atoms with Crippen molar-refractivity contribution >= 4 is 11.9 Å². The Morgan fingerprint density at radius 1 is 1.26 bits per heavy atom. The van der Waals surface area contributed by atoms with Gasteiger partial charge in [0.15, 0.2) is 11.5 Å². The van der Waals surface area contributed by atoms with Gasteiger partial charge >= 0.3 is 5.97 Å². The number of nitrogens with zero attached hydrogens (tertiary/aromatic N) is 1. The van der Waals surface area contributed by atoms with Crippen LogP contribution in [0.2, 0.25) is 0 Å². The third-order valence-electron chi connectivity index (χ3n) is 3.01. The molecule has 1 aliphatic rings. The predicted octanol–water partition coefficient (Wildman–Crippen LogP) is -0.404. The molecule has 2 rings (SSSR count). The van der Waals surface area contributed by atoms with Gasteiger partial charge in [-0.15, -0.1) is 0 Å². The number of rotatable bonds is 2. The molecule has 1 heterocycles. The maximum absolute atomic E-state index is 12.2. The number of aromatic hydroxyl groups is 2. The van der Waals surface area contributed by atoms with Gasteiger partial charge in [0, 0.05) is 25.2 Å². The van der Waals surface area contributed by atoms with Crippen LogP contribution in [0.1, 0.15) is 10.4 Å². The van der Waals surface area contributed by atoms with Crippen molar-refractivity contribution in [2.75, 3.05) is 19.6 Å². The molecule has 1 aliphatic heterocycles. The number of hydrogen-bond acceptors (Lipinski definition) is 5. The minimum Gasteiger partial charge on any atom is -0.504 e. The summed E-state index contributed by atoms with van der Waals surface area (Å²) >= 11 is 0. The lowest BCUT2D eigenvalue weighted by Crippen LogP contribution is -2.56. The Bertz CT molecular complexity index is 517. The number of carboxylic acids is 1. The summed E-state index contributed by atoms with van der Waals surface area (Å²) in [6, 6.07) is 2.73. The predicted molar refractivity (Wildman–Crippen MR) is 65.1 cm³/mol. The van der Waals surface area contributed by atoms with Crippen molar-refractivity contribution in [2.45, 2.75) is 6.04 Å². The lowest BCUT2D eigenvalue weighted by molar-refractivity contribution is -0.142. The van der Waals surface area contributed by atoms with E-state index in [0.29, 0.717) is 6.54 Å². The number of carbonyl (C=O) groups is 2. The fraction of sp³-hybridized carbons (Fsp3) is 0.333. The first-order valence-corrected chi connectivity index (χ1v) is 5.77. The molecule has 1 aromatic carbocycles. The molecule has 1 amide bonds. The number of piperazine rings is 1. The van der Waals surface area contributed by atoms with Crippen LogP contribution in [0.25, 0.3) is 0 Å². The van der Waals surface area contributed by atoms with Crippen molar-refractivity contribution in [3.63, 3.8) is 0 Å². The molecule has 0 aliphatic carbocycles. The van der Waals surface area contributed by atoms with E-state index in [0.717, 1.165) is 6.07 Å². The summed E-state index contributed by atoms with van der Waals surface area (Å²) in [6.45, 7) is 0.974. The van der Waals surface area contributed by atoms with Crippen LogP contribution in [0.5, 0.6) is 11.5 Å². The number of carboxylic acid groups (broad SMARTS) is 1. The number of aliphatic carboxylic acids is 1. The highest BCUT2D eigenvalue weighted by atomic mass is 16.4. The Hall–Kier alpha value is -2.28. The maximum atomic E-state index is 12.2. The molecule has 0 aromatic heterocycles. The van der Waals surface area contributed by atoms with Gasteiger partial charge in [-0.3, -0.25) is 4.79 Å². The van der Waals surface area contributed by atoms with Crippen LogP contribution < -0.4 is 5.32 Å². The van der Waals surface area contributed by atoms with E-state index in [4.69, 9.17) is 5.11 Å². The number of hydrogen-bond donors (Lipinski definition) is 4. The van der Waals surface area contributed by atoms with Gasteiger partial charge in [-0.05, 0) is 18.2 Å². The normalized spacial score (nSPS) is 19.2.